The van der Waals surface area contributed by atoms with Gasteiger partial charge in [-0.3, -0.25) is 0 Å². The van der Waals surface area contributed by atoms with E-state index in [-0.39, 0.29) is 24.5 Å². The van der Waals surface area contributed by atoms with Gasteiger partial charge in [0.05, 0.1) is 11.5 Å². The van der Waals surface area contributed by atoms with Gasteiger partial charge in [0.2, 0.25) is 15.9 Å². The van der Waals surface area contributed by atoms with Crippen LogP contribution >= 0.6 is 0 Å². The average Bonchev–Trinajstić information content (AvgIpc) is 2.65. The highest BCUT2D eigenvalue weighted by Gasteiger charge is 2.13. The Bertz CT molecular complexity index is 854. The van der Waals surface area contributed by atoms with E-state index in [0.717, 1.165) is 11.1 Å². The minimum atomic E-state index is -3.59. The lowest BCUT2D eigenvalue weighted by Gasteiger charge is -2.11. The Morgan fingerprint density at radius 3 is 2.56 bits per heavy atom. The number of carbonyl (C=O) groups is 1. The van der Waals surface area contributed by atoms with E-state index in [2.05, 4.69) is 20.3 Å². The van der Waals surface area contributed by atoms with Crippen molar-refractivity contribution in [3.8, 4) is 5.88 Å². The highest BCUT2D eigenvalue weighted by Crippen LogP contribution is 2.13. The molecule has 0 saturated heterocycles. The summed E-state index contributed by atoms with van der Waals surface area (Å²) >= 11 is 0. The van der Waals surface area contributed by atoms with Crippen LogP contribution in [0.3, 0.4) is 0 Å². The Balaban J connectivity index is 1.74. The van der Waals surface area contributed by atoms with Crippen molar-refractivity contribution in [2.45, 2.75) is 25.3 Å². The van der Waals surface area contributed by atoms with Gasteiger partial charge in [0, 0.05) is 31.4 Å². The molecular weight excluding hydrogens is 368 g/mol. The summed E-state index contributed by atoms with van der Waals surface area (Å²) in [6, 6.07) is 9.72. The topological polar surface area (TPSA) is 109 Å². The molecule has 0 aliphatic carbocycles. The van der Waals surface area contributed by atoms with E-state index in [4.69, 9.17) is 4.74 Å². The van der Waals surface area contributed by atoms with E-state index in [1.807, 2.05) is 19.9 Å². The quantitative estimate of drug-likeness (QED) is 0.561. The van der Waals surface area contributed by atoms with Crippen molar-refractivity contribution in [1.29, 1.82) is 0 Å². The highest BCUT2D eigenvalue weighted by atomic mass is 32.2. The van der Waals surface area contributed by atoms with E-state index in [0.29, 0.717) is 12.5 Å². The molecule has 0 atom stereocenters. The number of pyridine rings is 1. The summed E-state index contributed by atoms with van der Waals surface area (Å²) < 4.78 is 32.1. The molecule has 146 valence electrons. The first kappa shape index (κ1) is 20.7. The van der Waals surface area contributed by atoms with Crippen LogP contribution in [0.4, 0.5) is 4.79 Å². The second-order valence-corrected chi connectivity index (χ2v) is 7.49. The summed E-state index contributed by atoms with van der Waals surface area (Å²) in [5.74, 6) is 0.478. The number of aryl methyl sites for hydroxylation is 1. The van der Waals surface area contributed by atoms with Crippen LogP contribution in [0, 0.1) is 6.92 Å². The van der Waals surface area contributed by atoms with Gasteiger partial charge in [0.25, 0.3) is 0 Å². The fourth-order valence-electron chi connectivity index (χ4n) is 2.23. The Morgan fingerprint density at radius 1 is 1.11 bits per heavy atom. The normalized spacial score (nSPS) is 11.0. The van der Waals surface area contributed by atoms with Crippen molar-refractivity contribution in [2.24, 2.45) is 0 Å². The second-order valence-electron chi connectivity index (χ2n) is 5.72. The first-order valence-corrected chi connectivity index (χ1v) is 10.1. The maximum atomic E-state index is 12.1. The molecule has 2 amide bonds. The lowest BCUT2D eigenvalue weighted by atomic mass is 10.2. The van der Waals surface area contributed by atoms with Gasteiger partial charge in [0.15, 0.2) is 0 Å². The number of sulfonamides is 1. The number of rotatable bonds is 9. The summed E-state index contributed by atoms with van der Waals surface area (Å²) in [5, 5.41) is 5.29. The number of nitrogens with zero attached hydrogens (tertiary/aromatic N) is 1. The Morgan fingerprint density at radius 2 is 1.85 bits per heavy atom. The number of carbonyl (C=O) groups excluding carboxylic acids is 1. The second kappa shape index (κ2) is 9.89. The fourth-order valence-corrected chi connectivity index (χ4v) is 3.26. The molecule has 0 aliphatic rings. The zero-order valence-electron chi connectivity index (χ0n) is 15.4. The van der Waals surface area contributed by atoms with Crippen LogP contribution < -0.4 is 20.1 Å². The zero-order valence-corrected chi connectivity index (χ0v) is 16.2. The number of ether oxygens (including phenoxy) is 1. The Kier molecular flexibility index (Phi) is 7.56. The molecule has 0 saturated carbocycles. The van der Waals surface area contributed by atoms with Crippen molar-refractivity contribution in [1.82, 2.24) is 20.3 Å². The molecule has 0 aliphatic heterocycles. The summed E-state index contributed by atoms with van der Waals surface area (Å²) in [7, 11) is -3.59. The molecule has 27 heavy (non-hydrogen) atoms. The summed E-state index contributed by atoms with van der Waals surface area (Å²) in [6.07, 6.45) is 1.62. The van der Waals surface area contributed by atoms with Gasteiger partial charge < -0.3 is 15.4 Å². The van der Waals surface area contributed by atoms with E-state index >= 15 is 0 Å². The van der Waals surface area contributed by atoms with E-state index in [9.17, 15) is 13.2 Å². The number of nitrogens with one attached hydrogen (secondary N) is 3. The monoisotopic (exact) mass is 392 g/mol. The third kappa shape index (κ3) is 6.54. The molecule has 9 heteroatoms. The van der Waals surface area contributed by atoms with Crippen molar-refractivity contribution in [3.63, 3.8) is 0 Å². The molecule has 1 heterocycles. The number of amides is 2. The average molecular weight is 392 g/mol. The molecular formula is C18H24N4O4S. The summed E-state index contributed by atoms with van der Waals surface area (Å²) in [4.78, 5) is 16.2. The maximum absolute atomic E-state index is 12.1. The van der Waals surface area contributed by atoms with Crippen LogP contribution in [-0.2, 0) is 16.6 Å². The number of aromatic nitrogens is 1. The van der Waals surface area contributed by atoms with Crippen molar-refractivity contribution >= 4 is 16.1 Å². The van der Waals surface area contributed by atoms with Crippen LogP contribution in [0.1, 0.15) is 18.1 Å². The van der Waals surface area contributed by atoms with Gasteiger partial charge in [-0.15, -0.1) is 0 Å². The lowest BCUT2D eigenvalue weighted by molar-refractivity contribution is 0.240. The summed E-state index contributed by atoms with van der Waals surface area (Å²) in [6.45, 7) is 4.72. The molecule has 0 bridgehead atoms. The van der Waals surface area contributed by atoms with Gasteiger partial charge in [-0.1, -0.05) is 23.8 Å². The van der Waals surface area contributed by atoms with E-state index in [1.165, 1.54) is 0 Å². The number of benzene rings is 1. The van der Waals surface area contributed by atoms with Crippen molar-refractivity contribution in [3.05, 3.63) is 53.7 Å². The SMILES string of the molecule is CCOc1ncccc1CNC(=O)NCCNS(=O)(=O)c1ccc(C)cc1. The third-order valence-corrected chi connectivity index (χ3v) is 5.08. The minimum absolute atomic E-state index is 0.0840. The van der Waals surface area contributed by atoms with Crippen LogP contribution in [-0.4, -0.2) is 39.1 Å². The van der Waals surface area contributed by atoms with Gasteiger partial charge in [-0.25, -0.2) is 22.9 Å². The van der Waals surface area contributed by atoms with Crippen LogP contribution in [0.15, 0.2) is 47.5 Å². The van der Waals surface area contributed by atoms with E-state index in [1.54, 1.807) is 36.5 Å². The third-order valence-electron chi connectivity index (χ3n) is 3.60. The predicted octanol–water partition coefficient (Wildman–Crippen LogP) is 1.57. The molecule has 2 rings (SSSR count). The lowest BCUT2D eigenvalue weighted by Crippen LogP contribution is -2.40. The molecule has 0 unspecified atom stereocenters. The van der Waals surface area contributed by atoms with Crippen molar-refractivity contribution in [2.75, 3.05) is 19.7 Å². The molecule has 1 aromatic heterocycles. The van der Waals surface area contributed by atoms with Crippen LogP contribution in [0.2, 0.25) is 0 Å². The molecule has 8 nitrogen and oxygen atoms in total. The number of urea groups is 1. The molecule has 2 aromatic rings. The van der Waals surface area contributed by atoms with Crippen molar-refractivity contribution < 1.29 is 17.9 Å². The predicted molar refractivity (Wildman–Crippen MR) is 102 cm³/mol. The number of hydrogen-bond donors (Lipinski definition) is 3. The highest BCUT2D eigenvalue weighted by molar-refractivity contribution is 7.89. The first-order valence-electron chi connectivity index (χ1n) is 8.57. The van der Waals surface area contributed by atoms with Crippen LogP contribution in [0.25, 0.3) is 0 Å². The standard InChI is InChI=1S/C18H24N4O4S/c1-3-26-17-15(5-4-10-19-17)13-21-18(23)20-11-12-22-27(24,25)16-8-6-14(2)7-9-16/h4-10,22H,3,11-13H2,1-2H3,(H2,20,21,23). The maximum Gasteiger partial charge on any atom is 0.315 e. The molecule has 3 N–H and O–H groups in total. The largest absolute Gasteiger partial charge is 0.478 e. The van der Waals surface area contributed by atoms with Gasteiger partial charge >= 0.3 is 6.03 Å². The number of hydrogen-bond acceptors (Lipinski definition) is 5. The Hall–Kier alpha value is -2.65. The Labute approximate surface area is 159 Å². The molecule has 0 fully saturated rings. The molecule has 0 spiro atoms. The fraction of sp³-hybridized carbons (Fsp3) is 0.333. The van der Waals surface area contributed by atoms with Gasteiger partial charge in [-0.05, 0) is 32.0 Å². The van der Waals surface area contributed by atoms with E-state index < -0.39 is 16.1 Å². The summed E-state index contributed by atoms with van der Waals surface area (Å²) in [5.41, 5.74) is 1.74. The first-order chi connectivity index (χ1) is 12.9. The minimum Gasteiger partial charge on any atom is -0.478 e. The smallest absolute Gasteiger partial charge is 0.315 e. The van der Waals surface area contributed by atoms with Gasteiger partial charge in [-0.2, -0.15) is 0 Å². The van der Waals surface area contributed by atoms with Gasteiger partial charge in [0.1, 0.15) is 0 Å². The molecule has 1 aromatic carbocycles. The molecule has 0 radical (unpaired) electrons. The van der Waals surface area contributed by atoms with Crippen LogP contribution in [0.5, 0.6) is 5.88 Å². The zero-order chi connectivity index (χ0) is 19.7.